The molecule has 0 radical (unpaired) electrons. The number of hydrogen-bond donors (Lipinski definition) is 3. The van der Waals surface area contributed by atoms with Gasteiger partial charge >= 0.3 is 12.0 Å². The number of amides is 3. The van der Waals surface area contributed by atoms with E-state index in [1.54, 1.807) is 19.9 Å². The van der Waals surface area contributed by atoms with Gasteiger partial charge in [0.05, 0.1) is 5.25 Å². The van der Waals surface area contributed by atoms with Crippen LogP contribution in [-0.2, 0) is 4.79 Å². The Hall–Kier alpha value is -2.09. The summed E-state index contributed by atoms with van der Waals surface area (Å²) in [6.45, 7) is 3.79. The van der Waals surface area contributed by atoms with E-state index in [1.807, 2.05) is 0 Å². The molecule has 1 atom stereocenters. The molecule has 0 saturated carbocycles. The second-order valence-electron chi connectivity index (χ2n) is 3.79. The predicted molar refractivity (Wildman–Crippen MR) is 73.7 cm³/mol. The number of aromatic nitrogens is 1. The Morgan fingerprint density at radius 1 is 1.45 bits per heavy atom. The fraction of sp³-hybridized carbons (Fsp3) is 0.333. The molecule has 1 unspecified atom stereocenters. The molecule has 7 nitrogen and oxygen atoms in total. The first-order chi connectivity index (χ1) is 9.43. The lowest BCUT2D eigenvalue weighted by molar-refractivity contribution is -0.119. The molecule has 0 aliphatic heterocycles. The molecule has 3 amide bonds. The van der Waals surface area contributed by atoms with E-state index in [0.29, 0.717) is 11.4 Å². The Bertz CT molecular complexity index is 521. The van der Waals surface area contributed by atoms with Crippen LogP contribution in [0, 0.1) is 0 Å². The SMILES string of the molecule is CCNC(=O)NC(=O)C(C)Sc1ccnc(C(=O)O)c1. The van der Waals surface area contributed by atoms with E-state index in [-0.39, 0.29) is 5.69 Å². The fourth-order valence-electron chi connectivity index (χ4n) is 1.28. The van der Waals surface area contributed by atoms with Crippen LogP contribution in [0.15, 0.2) is 23.2 Å². The van der Waals surface area contributed by atoms with Gasteiger partial charge < -0.3 is 10.4 Å². The summed E-state index contributed by atoms with van der Waals surface area (Å²) in [5.74, 6) is -1.58. The number of nitrogens with one attached hydrogen (secondary N) is 2. The van der Waals surface area contributed by atoms with Crippen LogP contribution < -0.4 is 10.6 Å². The zero-order valence-electron chi connectivity index (χ0n) is 11.0. The Labute approximate surface area is 120 Å². The maximum absolute atomic E-state index is 11.7. The number of pyridine rings is 1. The van der Waals surface area contributed by atoms with Crippen LogP contribution in [0.4, 0.5) is 4.79 Å². The largest absolute Gasteiger partial charge is 0.477 e. The van der Waals surface area contributed by atoms with Crippen molar-refractivity contribution in [2.75, 3.05) is 6.54 Å². The van der Waals surface area contributed by atoms with Gasteiger partial charge in [0.2, 0.25) is 5.91 Å². The van der Waals surface area contributed by atoms with Crippen LogP contribution in [0.3, 0.4) is 0 Å². The van der Waals surface area contributed by atoms with Gasteiger partial charge in [-0.25, -0.2) is 14.6 Å². The van der Waals surface area contributed by atoms with Crippen LogP contribution in [-0.4, -0.2) is 39.8 Å². The Balaban J connectivity index is 2.63. The van der Waals surface area contributed by atoms with Crippen molar-refractivity contribution in [1.29, 1.82) is 0 Å². The van der Waals surface area contributed by atoms with Gasteiger partial charge in [-0.2, -0.15) is 0 Å². The smallest absolute Gasteiger partial charge is 0.354 e. The molecule has 20 heavy (non-hydrogen) atoms. The lowest BCUT2D eigenvalue weighted by atomic mass is 10.3. The van der Waals surface area contributed by atoms with Crippen molar-refractivity contribution in [2.45, 2.75) is 24.0 Å². The molecular formula is C12H15N3O4S. The van der Waals surface area contributed by atoms with Gasteiger partial charge in [0.25, 0.3) is 0 Å². The summed E-state index contributed by atoms with van der Waals surface area (Å²) in [5.41, 5.74) is -0.0914. The van der Waals surface area contributed by atoms with Gasteiger partial charge in [0.1, 0.15) is 5.69 Å². The summed E-state index contributed by atoms with van der Waals surface area (Å²) in [5, 5.41) is 12.9. The molecule has 1 aromatic rings. The molecular weight excluding hydrogens is 282 g/mol. The summed E-state index contributed by atoms with van der Waals surface area (Å²) in [7, 11) is 0. The molecule has 8 heteroatoms. The summed E-state index contributed by atoms with van der Waals surface area (Å²) < 4.78 is 0. The molecule has 0 spiro atoms. The number of rotatable bonds is 5. The third kappa shape index (κ3) is 4.88. The average Bonchev–Trinajstić information content (AvgIpc) is 2.39. The number of imide groups is 1. The van der Waals surface area contributed by atoms with Crippen molar-refractivity contribution < 1.29 is 19.5 Å². The van der Waals surface area contributed by atoms with E-state index in [0.717, 1.165) is 11.8 Å². The average molecular weight is 297 g/mol. The number of nitrogens with zero attached hydrogens (tertiary/aromatic N) is 1. The molecule has 1 rings (SSSR count). The number of thioether (sulfide) groups is 1. The number of aromatic carboxylic acids is 1. The van der Waals surface area contributed by atoms with E-state index in [1.165, 1.54) is 12.3 Å². The second kappa shape index (κ2) is 7.49. The summed E-state index contributed by atoms with van der Waals surface area (Å²) in [6.07, 6.45) is 1.36. The maximum atomic E-state index is 11.7. The lowest BCUT2D eigenvalue weighted by Gasteiger charge is -2.11. The van der Waals surface area contributed by atoms with Crippen LogP contribution >= 0.6 is 11.8 Å². The van der Waals surface area contributed by atoms with Crippen molar-refractivity contribution in [3.63, 3.8) is 0 Å². The third-order valence-electron chi connectivity index (χ3n) is 2.21. The van der Waals surface area contributed by atoms with Gasteiger partial charge in [-0.05, 0) is 26.0 Å². The Kier molecular flexibility index (Phi) is 5.98. The molecule has 0 aromatic carbocycles. The van der Waals surface area contributed by atoms with Gasteiger partial charge in [-0.3, -0.25) is 10.1 Å². The van der Waals surface area contributed by atoms with Crippen LogP contribution in [0.5, 0.6) is 0 Å². The first kappa shape index (κ1) is 16.0. The maximum Gasteiger partial charge on any atom is 0.354 e. The topological polar surface area (TPSA) is 108 Å². The quantitative estimate of drug-likeness (QED) is 0.702. The highest BCUT2D eigenvalue weighted by molar-refractivity contribution is 8.00. The highest BCUT2D eigenvalue weighted by atomic mass is 32.2. The summed E-state index contributed by atoms with van der Waals surface area (Å²) in [4.78, 5) is 38.0. The summed E-state index contributed by atoms with van der Waals surface area (Å²) in [6, 6.07) is 2.43. The Morgan fingerprint density at radius 3 is 2.75 bits per heavy atom. The number of carbonyl (C=O) groups excluding carboxylic acids is 2. The monoisotopic (exact) mass is 297 g/mol. The van der Waals surface area contributed by atoms with Gasteiger partial charge in [0, 0.05) is 17.6 Å². The number of carboxylic acids is 1. The van der Waals surface area contributed by atoms with Crippen molar-refractivity contribution in [3.8, 4) is 0 Å². The summed E-state index contributed by atoms with van der Waals surface area (Å²) >= 11 is 1.15. The normalized spacial score (nSPS) is 11.5. The lowest BCUT2D eigenvalue weighted by Crippen LogP contribution is -2.42. The van der Waals surface area contributed by atoms with E-state index < -0.39 is 23.2 Å². The van der Waals surface area contributed by atoms with Gasteiger partial charge in [-0.15, -0.1) is 11.8 Å². The molecule has 0 aliphatic rings. The van der Waals surface area contributed by atoms with Gasteiger partial charge in [0.15, 0.2) is 0 Å². The molecule has 0 fully saturated rings. The zero-order chi connectivity index (χ0) is 15.1. The first-order valence-corrected chi connectivity index (χ1v) is 6.76. The van der Waals surface area contributed by atoms with Crippen molar-refractivity contribution in [1.82, 2.24) is 15.6 Å². The number of urea groups is 1. The van der Waals surface area contributed by atoms with E-state index >= 15 is 0 Å². The fourth-order valence-corrected chi connectivity index (χ4v) is 2.17. The second-order valence-corrected chi connectivity index (χ2v) is 5.20. The molecule has 1 heterocycles. The van der Waals surface area contributed by atoms with E-state index in [2.05, 4.69) is 15.6 Å². The van der Waals surface area contributed by atoms with E-state index in [4.69, 9.17) is 5.11 Å². The minimum Gasteiger partial charge on any atom is -0.477 e. The van der Waals surface area contributed by atoms with Crippen LogP contribution in [0.1, 0.15) is 24.3 Å². The standard InChI is InChI=1S/C12H15N3O4S/c1-3-13-12(19)15-10(16)7(2)20-8-4-5-14-9(6-8)11(17)18/h4-7H,3H2,1-2H3,(H,17,18)(H2,13,15,16,19). The predicted octanol–water partition coefficient (Wildman–Crippen LogP) is 1.11. The highest BCUT2D eigenvalue weighted by Crippen LogP contribution is 2.23. The molecule has 1 aromatic heterocycles. The van der Waals surface area contributed by atoms with Crippen molar-refractivity contribution in [2.24, 2.45) is 0 Å². The van der Waals surface area contributed by atoms with E-state index in [9.17, 15) is 14.4 Å². The molecule has 3 N–H and O–H groups in total. The first-order valence-electron chi connectivity index (χ1n) is 5.88. The Morgan fingerprint density at radius 2 is 2.15 bits per heavy atom. The number of hydrogen-bond acceptors (Lipinski definition) is 5. The van der Waals surface area contributed by atoms with Crippen LogP contribution in [0.2, 0.25) is 0 Å². The molecule has 0 aliphatic carbocycles. The van der Waals surface area contributed by atoms with Crippen molar-refractivity contribution >= 4 is 29.7 Å². The molecule has 0 saturated heterocycles. The third-order valence-corrected chi connectivity index (χ3v) is 3.30. The van der Waals surface area contributed by atoms with Crippen LogP contribution in [0.25, 0.3) is 0 Å². The van der Waals surface area contributed by atoms with Gasteiger partial charge in [-0.1, -0.05) is 0 Å². The van der Waals surface area contributed by atoms with Crippen molar-refractivity contribution in [3.05, 3.63) is 24.0 Å². The minimum absolute atomic E-state index is 0.0914. The zero-order valence-corrected chi connectivity index (χ0v) is 11.9. The number of carboxylic acid groups (broad SMARTS) is 1. The minimum atomic E-state index is -1.13. The number of carbonyl (C=O) groups is 3. The molecule has 108 valence electrons. The molecule has 0 bridgehead atoms. The highest BCUT2D eigenvalue weighted by Gasteiger charge is 2.17.